The minimum absolute atomic E-state index is 0.0179. The molecule has 0 aliphatic heterocycles. The SMILES string of the molecule is COc1ccccc1Oc1c(OCCOC(=O)Nc2ccccn2)cc(Cc2cccnc2)c(C(N)=O)c1NS(=O)(=O)c1ccc(C(C)(C)C)cc1. The number of pyridine rings is 2. The van der Waals surface area contributed by atoms with E-state index < -0.39 is 22.0 Å². The lowest BCUT2D eigenvalue weighted by Crippen LogP contribution is -2.22. The number of hydrogen-bond acceptors (Lipinski definition) is 10. The van der Waals surface area contributed by atoms with Crippen molar-refractivity contribution in [2.45, 2.75) is 37.5 Å². The van der Waals surface area contributed by atoms with Gasteiger partial charge in [0.05, 0.1) is 17.6 Å². The smallest absolute Gasteiger partial charge is 0.412 e. The van der Waals surface area contributed by atoms with Crippen LogP contribution in [0.4, 0.5) is 16.3 Å². The molecular weight excluding hydrogens is 687 g/mol. The zero-order valence-electron chi connectivity index (χ0n) is 29.1. The van der Waals surface area contributed by atoms with E-state index in [2.05, 4.69) is 20.0 Å². The van der Waals surface area contributed by atoms with E-state index >= 15 is 0 Å². The number of primary amides is 1. The van der Waals surface area contributed by atoms with Gasteiger partial charge in [0.1, 0.15) is 24.7 Å². The fourth-order valence-electron chi connectivity index (χ4n) is 5.15. The van der Waals surface area contributed by atoms with Crippen molar-refractivity contribution < 1.29 is 37.0 Å². The van der Waals surface area contributed by atoms with E-state index in [1.165, 1.54) is 31.5 Å². The summed E-state index contributed by atoms with van der Waals surface area (Å²) < 4.78 is 53.9. The molecule has 0 saturated carbocycles. The number of benzene rings is 3. The van der Waals surface area contributed by atoms with Gasteiger partial charge in [-0.15, -0.1) is 0 Å². The summed E-state index contributed by atoms with van der Waals surface area (Å²) in [7, 11) is -2.91. The summed E-state index contributed by atoms with van der Waals surface area (Å²) in [6, 6.07) is 23.2. The number of nitrogens with zero attached hydrogens (tertiary/aromatic N) is 2. The molecule has 0 bridgehead atoms. The van der Waals surface area contributed by atoms with Gasteiger partial charge >= 0.3 is 6.09 Å². The zero-order valence-corrected chi connectivity index (χ0v) is 29.9. The Labute approximate surface area is 302 Å². The number of nitrogens with one attached hydrogen (secondary N) is 2. The lowest BCUT2D eigenvalue weighted by Gasteiger charge is -2.23. The fraction of sp³-hybridized carbons (Fsp3) is 0.211. The Kier molecular flexibility index (Phi) is 11.6. The second kappa shape index (κ2) is 16.2. The highest BCUT2D eigenvalue weighted by molar-refractivity contribution is 7.92. The molecule has 52 heavy (non-hydrogen) atoms. The standard InChI is InChI=1S/C38H39N5O8S/c1-38(2,3)27-14-16-28(17-15-27)52(46,47)43-34-33(36(39)44)26(22-25-10-9-18-40-24-25)23-31(35(34)51-30-12-6-5-11-29(30)48-4)49-20-21-50-37(45)42-32-13-7-8-19-41-32/h5-19,23-24,43H,20-22H2,1-4H3,(H2,39,44)(H,41,42,45). The van der Waals surface area contributed by atoms with Crippen molar-refractivity contribution >= 4 is 33.5 Å². The van der Waals surface area contributed by atoms with Crippen LogP contribution in [0.15, 0.2) is 108 Å². The van der Waals surface area contributed by atoms with Crippen LogP contribution in [0.2, 0.25) is 0 Å². The molecule has 0 spiro atoms. The van der Waals surface area contributed by atoms with Gasteiger partial charge in [-0.05, 0) is 77.1 Å². The molecule has 0 aliphatic carbocycles. The van der Waals surface area contributed by atoms with Crippen LogP contribution in [0.3, 0.4) is 0 Å². The van der Waals surface area contributed by atoms with E-state index in [1.54, 1.807) is 79.1 Å². The minimum atomic E-state index is -4.36. The molecule has 0 atom stereocenters. The molecule has 5 aromatic rings. The third-order valence-corrected chi connectivity index (χ3v) is 9.07. The number of anilines is 2. The van der Waals surface area contributed by atoms with Crippen molar-refractivity contribution in [2.24, 2.45) is 5.73 Å². The van der Waals surface area contributed by atoms with E-state index in [0.29, 0.717) is 22.7 Å². The van der Waals surface area contributed by atoms with Crippen molar-refractivity contribution in [3.05, 3.63) is 126 Å². The van der Waals surface area contributed by atoms with Gasteiger partial charge in [0.25, 0.3) is 15.9 Å². The average Bonchev–Trinajstić information content (AvgIpc) is 3.12. The molecule has 0 saturated heterocycles. The first-order chi connectivity index (χ1) is 24.9. The largest absolute Gasteiger partial charge is 0.493 e. The van der Waals surface area contributed by atoms with Crippen molar-refractivity contribution in [2.75, 3.05) is 30.4 Å². The molecule has 0 radical (unpaired) electrons. The maximum absolute atomic E-state index is 14.1. The molecule has 2 heterocycles. The summed E-state index contributed by atoms with van der Waals surface area (Å²) in [4.78, 5) is 33.9. The first-order valence-electron chi connectivity index (χ1n) is 16.2. The maximum atomic E-state index is 14.1. The van der Waals surface area contributed by atoms with Crippen molar-refractivity contribution in [3.8, 4) is 23.0 Å². The normalized spacial score (nSPS) is 11.3. The molecule has 3 aromatic carbocycles. The van der Waals surface area contributed by atoms with E-state index in [0.717, 1.165) is 5.56 Å². The highest BCUT2D eigenvalue weighted by Gasteiger charge is 2.29. The van der Waals surface area contributed by atoms with Crippen LogP contribution < -0.4 is 30.0 Å². The molecule has 0 fully saturated rings. The summed E-state index contributed by atoms with van der Waals surface area (Å²) in [6.07, 6.45) is 4.09. The number of rotatable bonds is 14. The molecule has 0 unspecified atom stereocenters. The predicted octanol–water partition coefficient (Wildman–Crippen LogP) is 6.69. The number of ether oxygens (including phenoxy) is 4. The number of amides is 2. The lowest BCUT2D eigenvalue weighted by molar-refractivity contribution is 0.0999. The topological polar surface area (TPSA) is 181 Å². The number of aromatic nitrogens is 2. The number of para-hydroxylation sites is 2. The highest BCUT2D eigenvalue weighted by atomic mass is 32.2. The molecule has 0 aliphatic rings. The molecule has 4 N–H and O–H groups in total. The summed E-state index contributed by atoms with van der Waals surface area (Å²) in [6.45, 7) is 5.64. The van der Waals surface area contributed by atoms with Crippen LogP contribution in [0.25, 0.3) is 0 Å². The Morgan fingerprint density at radius 3 is 2.23 bits per heavy atom. The number of carbonyl (C=O) groups is 2. The molecule has 14 heteroatoms. The number of methoxy groups -OCH3 is 1. The van der Waals surface area contributed by atoms with E-state index in [1.807, 2.05) is 20.8 Å². The van der Waals surface area contributed by atoms with Crippen molar-refractivity contribution in [1.29, 1.82) is 0 Å². The number of sulfonamides is 1. The Morgan fingerprint density at radius 2 is 1.60 bits per heavy atom. The fourth-order valence-corrected chi connectivity index (χ4v) is 6.22. The predicted molar refractivity (Wildman–Crippen MR) is 196 cm³/mol. The number of hydrogen-bond donors (Lipinski definition) is 3. The Hall–Kier alpha value is -6.15. The maximum Gasteiger partial charge on any atom is 0.412 e. The lowest BCUT2D eigenvalue weighted by atomic mass is 9.87. The van der Waals surface area contributed by atoms with Crippen LogP contribution >= 0.6 is 0 Å². The third-order valence-electron chi connectivity index (χ3n) is 7.71. The monoisotopic (exact) mass is 725 g/mol. The van der Waals surface area contributed by atoms with Gasteiger partial charge in [-0.2, -0.15) is 0 Å². The van der Waals surface area contributed by atoms with Gasteiger partial charge in [-0.1, -0.05) is 57.2 Å². The second-order valence-corrected chi connectivity index (χ2v) is 14.2. The summed E-state index contributed by atoms with van der Waals surface area (Å²) in [5.41, 5.74) is 7.31. The molecule has 2 amide bonds. The number of nitrogens with two attached hydrogens (primary N) is 1. The van der Waals surface area contributed by atoms with Crippen LogP contribution in [0, 0.1) is 0 Å². The van der Waals surface area contributed by atoms with Gasteiger partial charge < -0.3 is 24.7 Å². The average molecular weight is 726 g/mol. The van der Waals surface area contributed by atoms with Crippen LogP contribution in [-0.4, -0.2) is 50.7 Å². The van der Waals surface area contributed by atoms with E-state index in [-0.39, 0.29) is 58.4 Å². The summed E-state index contributed by atoms with van der Waals surface area (Å²) in [5.74, 6) is -0.287. The van der Waals surface area contributed by atoms with Gasteiger partial charge in [0, 0.05) is 18.6 Å². The van der Waals surface area contributed by atoms with Gasteiger partial charge in [0.15, 0.2) is 23.0 Å². The van der Waals surface area contributed by atoms with E-state index in [9.17, 15) is 18.0 Å². The third kappa shape index (κ3) is 9.34. The van der Waals surface area contributed by atoms with Crippen LogP contribution in [-0.2, 0) is 26.6 Å². The molecule has 270 valence electrons. The highest BCUT2D eigenvalue weighted by Crippen LogP contribution is 2.46. The second-order valence-electron chi connectivity index (χ2n) is 12.5. The molecule has 5 rings (SSSR count). The minimum Gasteiger partial charge on any atom is -0.493 e. The summed E-state index contributed by atoms with van der Waals surface area (Å²) >= 11 is 0. The Bertz CT molecular complexity index is 2120. The Morgan fingerprint density at radius 1 is 0.865 bits per heavy atom. The van der Waals surface area contributed by atoms with E-state index in [4.69, 9.17) is 24.7 Å². The quantitative estimate of drug-likeness (QED) is 0.104. The van der Waals surface area contributed by atoms with Crippen molar-refractivity contribution in [1.82, 2.24) is 9.97 Å². The first-order valence-corrected chi connectivity index (χ1v) is 17.6. The van der Waals surface area contributed by atoms with Gasteiger partial charge in [-0.3, -0.25) is 19.8 Å². The summed E-state index contributed by atoms with van der Waals surface area (Å²) in [5, 5.41) is 2.52. The van der Waals surface area contributed by atoms with Crippen molar-refractivity contribution in [3.63, 3.8) is 0 Å². The first kappa shape index (κ1) is 37.1. The zero-order chi connectivity index (χ0) is 37.3. The van der Waals surface area contributed by atoms with Crippen LogP contribution in [0.1, 0.15) is 47.8 Å². The van der Waals surface area contributed by atoms with Gasteiger partial charge in [0.2, 0.25) is 0 Å². The Balaban J connectivity index is 1.60. The van der Waals surface area contributed by atoms with Crippen LogP contribution in [0.5, 0.6) is 23.0 Å². The molecule has 2 aromatic heterocycles. The molecule has 13 nitrogen and oxygen atoms in total. The number of carbonyl (C=O) groups excluding carboxylic acids is 2. The molecular formula is C38H39N5O8S. The van der Waals surface area contributed by atoms with Gasteiger partial charge in [-0.25, -0.2) is 18.2 Å².